The summed E-state index contributed by atoms with van der Waals surface area (Å²) in [6.07, 6.45) is 3.60. The van der Waals surface area contributed by atoms with Crippen LogP contribution in [-0.2, 0) is 23.2 Å². The minimum Gasteiger partial charge on any atom is -0.342 e. The highest BCUT2D eigenvalue weighted by molar-refractivity contribution is 7.13. The number of nitrogens with one attached hydrogen (secondary N) is 1. The van der Waals surface area contributed by atoms with E-state index in [0.29, 0.717) is 24.0 Å². The number of anilines is 1. The van der Waals surface area contributed by atoms with Crippen LogP contribution in [0.1, 0.15) is 43.1 Å². The second-order valence-electron chi connectivity index (χ2n) is 7.57. The first kappa shape index (κ1) is 18.9. The molecule has 4 rings (SSSR count). The Bertz CT molecular complexity index is 949. The van der Waals surface area contributed by atoms with Gasteiger partial charge in [-0.25, -0.2) is 14.5 Å². The fourth-order valence-electron chi connectivity index (χ4n) is 3.62. The van der Waals surface area contributed by atoms with Gasteiger partial charge in [0.15, 0.2) is 5.13 Å². The number of aromatic nitrogens is 4. The summed E-state index contributed by atoms with van der Waals surface area (Å²) in [5.74, 6) is 0.978. The highest BCUT2D eigenvalue weighted by atomic mass is 32.1. The molecule has 150 valence electrons. The first-order valence-electron chi connectivity index (χ1n) is 9.57. The summed E-state index contributed by atoms with van der Waals surface area (Å²) < 4.78 is 2.72. The first-order valence-corrected chi connectivity index (χ1v) is 10.4. The minimum atomic E-state index is -0.328. The summed E-state index contributed by atoms with van der Waals surface area (Å²) in [6.45, 7) is 3.10. The Morgan fingerprint density at radius 3 is 2.57 bits per heavy atom. The normalized spacial score (nSPS) is 17.7. The lowest BCUT2D eigenvalue weighted by molar-refractivity contribution is -0.133. The van der Waals surface area contributed by atoms with Gasteiger partial charge in [-0.05, 0) is 32.6 Å². The summed E-state index contributed by atoms with van der Waals surface area (Å²) in [5.41, 5.74) is 0.529. The lowest BCUT2D eigenvalue weighted by Crippen LogP contribution is -2.39. The Kier molecular flexibility index (Phi) is 5.05. The highest BCUT2D eigenvalue weighted by Gasteiger charge is 2.36. The zero-order valence-corrected chi connectivity index (χ0v) is 16.9. The molecule has 10 heteroatoms. The van der Waals surface area contributed by atoms with Gasteiger partial charge in [-0.1, -0.05) is 0 Å². The van der Waals surface area contributed by atoms with Gasteiger partial charge in [-0.15, -0.1) is 11.3 Å². The standard InChI is InChI=1S/C18H24N6O3S/c1-11-10-28-17(19-11)20-14(25)9-24-18(27)22(2)15(21-24)12-5-7-23(8-6-12)16(26)13-3-4-13/h10,12-13H,3-9H2,1-2H3,(H,19,20,25). The second kappa shape index (κ2) is 7.50. The van der Waals surface area contributed by atoms with Gasteiger partial charge in [0, 0.05) is 37.4 Å². The lowest BCUT2D eigenvalue weighted by Gasteiger charge is -2.31. The van der Waals surface area contributed by atoms with Gasteiger partial charge in [0.1, 0.15) is 12.4 Å². The number of amides is 2. The van der Waals surface area contributed by atoms with Crippen molar-refractivity contribution in [2.75, 3.05) is 18.4 Å². The molecule has 1 aliphatic carbocycles. The van der Waals surface area contributed by atoms with E-state index in [2.05, 4.69) is 15.4 Å². The molecule has 0 unspecified atom stereocenters. The van der Waals surface area contributed by atoms with Gasteiger partial charge in [0.25, 0.3) is 0 Å². The molecule has 2 aromatic rings. The third-order valence-electron chi connectivity index (χ3n) is 5.33. The molecule has 28 heavy (non-hydrogen) atoms. The quantitative estimate of drug-likeness (QED) is 0.804. The molecule has 1 aliphatic heterocycles. The predicted molar refractivity (Wildman–Crippen MR) is 104 cm³/mol. The number of hydrogen-bond acceptors (Lipinski definition) is 6. The highest BCUT2D eigenvalue weighted by Crippen LogP contribution is 2.33. The van der Waals surface area contributed by atoms with E-state index in [4.69, 9.17) is 0 Å². The topological polar surface area (TPSA) is 102 Å². The molecule has 1 saturated carbocycles. The van der Waals surface area contributed by atoms with Crippen LogP contribution in [0.25, 0.3) is 0 Å². The van der Waals surface area contributed by atoms with Crippen molar-refractivity contribution in [3.8, 4) is 0 Å². The SMILES string of the molecule is Cc1csc(NC(=O)Cn2nc(C3CCN(C(=O)C4CC4)CC3)n(C)c2=O)n1. The van der Waals surface area contributed by atoms with E-state index in [1.165, 1.54) is 20.6 Å². The first-order chi connectivity index (χ1) is 13.4. The molecule has 0 radical (unpaired) electrons. The van der Waals surface area contributed by atoms with Crippen LogP contribution in [0.2, 0.25) is 0 Å². The molecular weight excluding hydrogens is 380 g/mol. The van der Waals surface area contributed by atoms with E-state index < -0.39 is 0 Å². The third kappa shape index (κ3) is 3.87. The van der Waals surface area contributed by atoms with E-state index in [1.807, 2.05) is 17.2 Å². The Morgan fingerprint density at radius 1 is 1.25 bits per heavy atom. The van der Waals surface area contributed by atoms with Crippen LogP contribution in [-0.4, -0.2) is 49.1 Å². The molecule has 1 saturated heterocycles. The Hall–Kier alpha value is -2.49. The smallest absolute Gasteiger partial charge is 0.342 e. The van der Waals surface area contributed by atoms with Crippen molar-refractivity contribution in [3.05, 3.63) is 27.4 Å². The summed E-state index contributed by atoms with van der Waals surface area (Å²) >= 11 is 1.34. The number of aryl methyl sites for hydroxylation is 1. The van der Waals surface area contributed by atoms with Crippen molar-refractivity contribution in [3.63, 3.8) is 0 Å². The molecule has 0 bridgehead atoms. The van der Waals surface area contributed by atoms with E-state index in [1.54, 1.807) is 7.05 Å². The van der Waals surface area contributed by atoms with Crippen LogP contribution in [0, 0.1) is 12.8 Å². The Labute approximate surface area is 166 Å². The van der Waals surface area contributed by atoms with Crippen molar-refractivity contribution >= 4 is 28.3 Å². The molecule has 2 aliphatic rings. The second-order valence-corrected chi connectivity index (χ2v) is 8.43. The van der Waals surface area contributed by atoms with Crippen LogP contribution in [0.15, 0.2) is 10.2 Å². The molecule has 9 nitrogen and oxygen atoms in total. The maximum absolute atomic E-state index is 12.5. The van der Waals surface area contributed by atoms with Gasteiger partial charge >= 0.3 is 5.69 Å². The van der Waals surface area contributed by atoms with E-state index >= 15 is 0 Å². The van der Waals surface area contributed by atoms with Crippen molar-refractivity contribution in [1.29, 1.82) is 0 Å². The van der Waals surface area contributed by atoms with Gasteiger partial charge in [-0.3, -0.25) is 14.2 Å². The largest absolute Gasteiger partial charge is 0.346 e. The van der Waals surface area contributed by atoms with E-state index in [0.717, 1.165) is 31.4 Å². The number of piperidine rings is 1. The molecule has 0 aromatic carbocycles. The number of nitrogens with zero attached hydrogens (tertiary/aromatic N) is 5. The molecule has 2 fully saturated rings. The number of likely N-dealkylation sites (tertiary alicyclic amines) is 1. The average Bonchev–Trinajstić information content (AvgIpc) is 3.40. The lowest BCUT2D eigenvalue weighted by atomic mass is 9.95. The predicted octanol–water partition coefficient (Wildman–Crippen LogP) is 1.10. The number of carbonyl (C=O) groups is 2. The van der Waals surface area contributed by atoms with Crippen LogP contribution in [0.4, 0.5) is 5.13 Å². The maximum Gasteiger partial charge on any atom is 0.346 e. The fraction of sp³-hybridized carbons (Fsp3) is 0.611. The van der Waals surface area contributed by atoms with Crippen LogP contribution in [0.5, 0.6) is 0 Å². The summed E-state index contributed by atoms with van der Waals surface area (Å²) in [7, 11) is 1.69. The monoisotopic (exact) mass is 404 g/mol. The molecule has 1 N–H and O–H groups in total. The van der Waals surface area contributed by atoms with Crippen LogP contribution < -0.4 is 11.0 Å². The number of carbonyl (C=O) groups excluding carboxylic acids is 2. The number of thiazole rings is 1. The van der Waals surface area contributed by atoms with Crippen LogP contribution in [0.3, 0.4) is 0 Å². The summed E-state index contributed by atoms with van der Waals surface area (Å²) in [6, 6.07) is 0. The Balaban J connectivity index is 1.40. The van der Waals surface area contributed by atoms with E-state index in [9.17, 15) is 14.4 Å². The van der Waals surface area contributed by atoms with Crippen molar-refractivity contribution in [2.45, 2.75) is 45.1 Å². The average molecular weight is 404 g/mol. The number of rotatable bonds is 5. The zero-order chi connectivity index (χ0) is 19.8. The van der Waals surface area contributed by atoms with Gasteiger partial charge in [0.05, 0.1) is 5.69 Å². The number of hydrogen-bond donors (Lipinski definition) is 1. The maximum atomic E-state index is 12.5. The van der Waals surface area contributed by atoms with Crippen molar-refractivity contribution < 1.29 is 9.59 Å². The molecule has 3 heterocycles. The third-order valence-corrected chi connectivity index (χ3v) is 6.21. The summed E-state index contributed by atoms with van der Waals surface area (Å²) in [5, 5.41) is 9.48. The van der Waals surface area contributed by atoms with Gasteiger partial charge in [0.2, 0.25) is 11.8 Å². The van der Waals surface area contributed by atoms with Crippen molar-refractivity contribution in [1.82, 2.24) is 24.2 Å². The minimum absolute atomic E-state index is 0.117. The van der Waals surface area contributed by atoms with E-state index in [-0.39, 0.29) is 35.9 Å². The molecular formula is C18H24N6O3S. The zero-order valence-electron chi connectivity index (χ0n) is 16.1. The molecule has 2 aromatic heterocycles. The molecule has 2 amide bonds. The van der Waals surface area contributed by atoms with Crippen molar-refractivity contribution in [2.24, 2.45) is 13.0 Å². The Morgan fingerprint density at radius 2 is 1.96 bits per heavy atom. The fourth-order valence-corrected chi connectivity index (χ4v) is 4.32. The molecule has 0 atom stereocenters. The van der Waals surface area contributed by atoms with Gasteiger partial charge < -0.3 is 10.2 Å². The molecule has 0 spiro atoms. The summed E-state index contributed by atoms with van der Waals surface area (Å²) in [4.78, 5) is 43.1. The van der Waals surface area contributed by atoms with Crippen LogP contribution >= 0.6 is 11.3 Å². The van der Waals surface area contributed by atoms with Gasteiger partial charge in [-0.2, -0.15) is 5.10 Å².